The first-order chi connectivity index (χ1) is 9.83. The first kappa shape index (κ1) is 13.6. The molecule has 4 nitrogen and oxygen atoms in total. The lowest BCUT2D eigenvalue weighted by molar-refractivity contribution is -0.0144. The number of aliphatic hydroxyl groups is 1. The van der Waals surface area contributed by atoms with Crippen LogP contribution in [0.3, 0.4) is 0 Å². The van der Waals surface area contributed by atoms with E-state index in [0.29, 0.717) is 18.3 Å². The lowest BCUT2D eigenvalue weighted by atomic mass is 10.0. The van der Waals surface area contributed by atoms with Crippen molar-refractivity contribution in [2.45, 2.75) is 18.9 Å². The van der Waals surface area contributed by atoms with E-state index in [9.17, 15) is 5.11 Å². The highest BCUT2D eigenvalue weighted by molar-refractivity contribution is 5.77. The van der Waals surface area contributed by atoms with E-state index < -0.39 is 6.10 Å². The van der Waals surface area contributed by atoms with E-state index in [2.05, 4.69) is 0 Å². The fourth-order valence-electron chi connectivity index (χ4n) is 2.51. The Morgan fingerprint density at radius 2 is 2.05 bits per heavy atom. The molecule has 1 aromatic heterocycles. The van der Waals surface area contributed by atoms with E-state index in [1.807, 2.05) is 30.3 Å². The molecule has 1 aliphatic rings. The van der Waals surface area contributed by atoms with Crippen molar-refractivity contribution in [3.8, 4) is 0 Å². The number of fused-ring (bicyclic) bond motifs is 1. The summed E-state index contributed by atoms with van der Waals surface area (Å²) in [4.78, 5) is 0. The van der Waals surface area contributed by atoms with Crippen LogP contribution >= 0.6 is 0 Å². The predicted molar refractivity (Wildman–Crippen MR) is 75.5 cm³/mol. The minimum absolute atomic E-state index is 0.275. The average molecular weight is 276 g/mol. The van der Waals surface area contributed by atoms with E-state index in [0.717, 1.165) is 37.0 Å². The van der Waals surface area contributed by atoms with E-state index >= 15 is 0 Å². The Balaban J connectivity index is 1.52. The van der Waals surface area contributed by atoms with Crippen molar-refractivity contribution in [1.29, 1.82) is 0 Å². The maximum absolute atomic E-state index is 10.1. The fourth-order valence-corrected chi connectivity index (χ4v) is 2.51. The lowest BCUT2D eigenvalue weighted by Crippen LogP contribution is -2.21. The Hall–Kier alpha value is -1.36. The second-order valence-electron chi connectivity index (χ2n) is 5.30. The summed E-state index contributed by atoms with van der Waals surface area (Å²) >= 11 is 0. The summed E-state index contributed by atoms with van der Waals surface area (Å²) in [5, 5.41) is 11.1. The topological polar surface area (TPSA) is 51.8 Å². The first-order valence-corrected chi connectivity index (χ1v) is 7.15. The molecule has 0 bridgehead atoms. The van der Waals surface area contributed by atoms with Crippen molar-refractivity contribution < 1.29 is 19.0 Å². The van der Waals surface area contributed by atoms with Gasteiger partial charge in [0.25, 0.3) is 0 Å². The molecule has 108 valence electrons. The van der Waals surface area contributed by atoms with Crippen LogP contribution in [-0.4, -0.2) is 31.5 Å². The van der Waals surface area contributed by atoms with Crippen LogP contribution in [0.15, 0.2) is 34.7 Å². The van der Waals surface area contributed by atoms with Gasteiger partial charge in [-0.2, -0.15) is 0 Å². The number of benzene rings is 1. The molecule has 1 atom stereocenters. The molecule has 1 fully saturated rings. The van der Waals surface area contributed by atoms with Gasteiger partial charge in [0.15, 0.2) is 0 Å². The maximum Gasteiger partial charge on any atom is 0.136 e. The highest BCUT2D eigenvalue weighted by atomic mass is 16.5. The number of aliphatic hydroxyl groups excluding tert-OH is 1. The Labute approximate surface area is 118 Å². The Bertz CT molecular complexity index is 509. The molecule has 0 radical (unpaired) electrons. The largest absolute Gasteiger partial charge is 0.458 e. The molecule has 1 aliphatic heterocycles. The van der Waals surface area contributed by atoms with Gasteiger partial charge in [-0.1, -0.05) is 18.2 Å². The average Bonchev–Trinajstić information content (AvgIpc) is 2.92. The molecule has 0 spiro atoms. The number of rotatable bonds is 5. The molecule has 4 heteroatoms. The van der Waals surface area contributed by atoms with Crippen LogP contribution in [0.1, 0.15) is 24.7 Å². The van der Waals surface area contributed by atoms with Crippen LogP contribution in [0, 0.1) is 5.92 Å². The number of ether oxygens (including phenoxy) is 2. The Kier molecular flexibility index (Phi) is 4.35. The molecule has 3 rings (SSSR count). The standard InChI is InChI=1S/C16H20O4/c17-14(11-19-10-12-5-7-18-8-6-12)16-9-13-3-1-2-4-15(13)20-16/h1-4,9,12,14,17H,5-8,10-11H2. The summed E-state index contributed by atoms with van der Waals surface area (Å²) in [7, 11) is 0. The maximum atomic E-state index is 10.1. The third kappa shape index (κ3) is 3.20. The van der Waals surface area contributed by atoms with E-state index in [1.54, 1.807) is 0 Å². The van der Waals surface area contributed by atoms with Crippen LogP contribution in [0.4, 0.5) is 0 Å². The molecule has 1 aromatic carbocycles. The van der Waals surface area contributed by atoms with E-state index in [-0.39, 0.29) is 6.61 Å². The van der Waals surface area contributed by atoms with Gasteiger partial charge in [0.05, 0.1) is 6.61 Å². The third-order valence-electron chi connectivity index (χ3n) is 3.74. The SMILES string of the molecule is OC(COCC1CCOCC1)c1cc2ccccc2o1. The Morgan fingerprint density at radius 3 is 2.85 bits per heavy atom. The lowest BCUT2D eigenvalue weighted by Gasteiger charge is -2.22. The van der Waals surface area contributed by atoms with Crippen LogP contribution < -0.4 is 0 Å². The molecule has 2 heterocycles. The summed E-state index contributed by atoms with van der Waals surface area (Å²) in [6.07, 6.45) is 1.38. The minimum Gasteiger partial charge on any atom is -0.458 e. The molecule has 1 N–H and O–H groups in total. The zero-order valence-corrected chi connectivity index (χ0v) is 11.5. The van der Waals surface area contributed by atoms with Crippen molar-refractivity contribution in [3.05, 3.63) is 36.1 Å². The fraction of sp³-hybridized carbons (Fsp3) is 0.500. The molecule has 1 unspecified atom stereocenters. The summed E-state index contributed by atoms with van der Waals surface area (Å²) in [6.45, 7) is 2.60. The number of furan rings is 1. The van der Waals surface area contributed by atoms with Crippen LogP contribution in [0.25, 0.3) is 11.0 Å². The quantitative estimate of drug-likeness (QED) is 0.912. The highest BCUT2D eigenvalue weighted by Crippen LogP contribution is 2.24. The molecule has 20 heavy (non-hydrogen) atoms. The van der Waals surface area contributed by atoms with Gasteiger partial charge in [-0.15, -0.1) is 0 Å². The van der Waals surface area contributed by atoms with Crippen molar-refractivity contribution in [2.75, 3.05) is 26.4 Å². The summed E-state index contributed by atoms with van der Waals surface area (Å²) in [6, 6.07) is 9.61. The predicted octanol–water partition coefficient (Wildman–Crippen LogP) is 2.91. The minimum atomic E-state index is -0.706. The van der Waals surface area contributed by atoms with Gasteiger partial charge in [-0.05, 0) is 30.9 Å². The summed E-state index contributed by atoms with van der Waals surface area (Å²) in [5.74, 6) is 1.12. The number of hydrogen-bond donors (Lipinski definition) is 1. The molecular formula is C16H20O4. The second-order valence-corrected chi connectivity index (χ2v) is 5.30. The number of hydrogen-bond acceptors (Lipinski definition) is 4. The molecule has 0 saturated carbocycles. The van der Waals surface area contributed by atoms with Crippen LogP contribution in [0.5, 0.6) is 0 Å². The first-order valence-electron chi connectivity index (χ1n) is 7.15. The molecule has 0 aliphatic carbocycles. The van der Waals surface area contributed by atoms with Crippen LogP contribution in [0.2, 0.25) is 0 Å². The smallest absolute Gasteiger partial charge is 0.136 e. The normalized spacial score (nSPS) is 18.4. The molecule has 1 saturated heterocycles. The molecular weight excluding hydrogens is 256 g/mol. The highest BCUT2D eigenvalue weighted by Gasteiger charge is 2.17. The van der Waals surface area contributed by atoms with Gasteiger partial charge >= 0.3 is 0 Å². The third-order valence-corrected chi connectivity index (χ3v) is 3.74. The van der Waals surface area contributed by atoms with Gasteiger partial charge in [-0.25, -0.2) is 0 Å². The summed E-state index contributed by atoms with van der Waals surface area (Å²) in [5.41, 5.74) is 0.797. The van der Waals surface area contributed by atoms with Gasteiger partial charge < -0.3 is 19.0 Å². The van der Waals surface area contributed by atoms with Crippen molar-refractivity contribution in [2.24, 2.45) is 5.92 Å². The number of para-hydroxylation sites is 1. The van der Waals surface area contributed by atoms with Gasteiger partial charge in [0, 0.05) is 25.2 Å². The zero-order chi connectivity index (χ0) is 13.8. The van der Waals surface area contributed by atoms with Crippen LogP contribution in [-0.2, 0) is 9.47 Å². The van der Waals surface area contributed by atoms with Crippen molar-refractivity contribution >= 4 is 11.0 Å². The zero-order valence-electron chi connectivity index (χ0n) is 11.5. The van der Waals surface area contributed by atoms with Crippen molar-refractivity contribution in [1.82, 2.24) is 0 Å². The molecule has 0 amide bonds. The Morgan fingerprint density at radius 1 is 1.25 bits per heavy atom. The van der Waals surface area contributed by atoms with Gasteiger partial charge in [0.1, 0.15) is 17.4 Å². The monoisotopic (exact) mass is 276 g/mol. The second kappa shape index (κ2) is 6.39. The van der Waals surface area contributed by atoms with Gasteiger partial charge in [0.2, 0.25) is 0 Å². The van der Waals surface area contributed by atoms with E-state index in [4.69, 9.17) is 13.9 Å². The van der Waals surface area contributed by atoms with E-state index in [1.165, 1.54) is 0 Å². The summed E-state index contributed by atoms with van der Waals surface area (Å²) < 4.78 is 16.6. The van der Waals surface area contributed by atoms with Gasteiger partial charge in [-0.3, -0.25) is 0 Å². The van der Waals surface area contributed by atoms with Crippen molar-refractivity contribution in [3.63, 3.8) is 0 Å². The molecule has 2 aromatic rings.